The van der Waals surface area contributed by atoms with Crippen molar-refractivity contribution in [3.63, 3.8) is 0 Å². The molecule has 0 aromatic heterocycles. The standard InChI is InChI=1S/C7H15NO/c1-2-8-6-4-3-5-7(6)9/h6-9H,2-5H2,1H3/t6-,7+/m0/s1. The van der Waals surface area contributed by atoms with Crippen molar-refractivity contribution in [1.29, 1.82) is 0 Å². The molecule has 1 saturated carbocycles. The lowest BCUT2D eigenvalue weighted by atomic mass is 10.2. The van der Waals surface area contributed by atoms with Crippen LogP contribution in [0, 0.1) is 0 Å². The lowest BCUT2D eigenvalue weighted by Gasteiger charge is -2.13. The van der Waals surface area contributed by atoms with Crippen LogP contribution in [0.4, 0.5) is 0 Å². The average Bonchev–Trinajstić information content (AvgIpc) is 2.18. The number of likely N-dealkylation sites (N-methyl/N-ethyl adjacent to an activating group) is 1. The van der Waals surface area contributed by atoms with Crippen LogP contribution in [0.25, 0.3) is 0 Å². The van der Waals surface area contributed by atoms with Crippen LogP contribution in [0.15, 0.2) is 0 Å². The van der Waals surface area contributed by atoms with Crippen molar-refractivity contribution in [2.45, 2.75) is 38.3 Å². The molecule has 1 rings (SSSR count). The van der Waals surface area contributed by atoms with E-state index in [9.17, 15) is 5.11 Å². The molecule has 2 atom stereocenters. The molecule has 0 aliphatic heterocycles. The van der Waals surface area contributed by atoms with Crippen molar-refractivity contribution in [2.75, 3.05) is 6.54 Å². The Balaban J connectivity index is 2.22. The Morgan fingerprint density at radius 3 is 2.78 bits per heavy atom. The van der Waals surface area contributed by atoms with Crippen molar-refractivity contribution in [2.24, 2.45) is 0 Å². The van der Waals surface area contributed by atoms with E-state index in [1.165, 1.54) is 6.42 Å². The van der Waals surface area contributed by atoms with Gasteiger partial charge in [-0.05, 0) is 25.8 Å². The molecule has 0 spiro atoms. The summed E-state index contributed by atoms with van der Waals surface area (Å²) in [6.45, 7) is 3.05. The molecular formula is C7H15NO. The van der Waals surface area contributed by atoms with Crippen LogP contribution >= 0.6 is 0 Å². The van der Waals surface area contributed by atoms with Gasteiger partial charge in [-0.1, -0.05) is 6.92 Å². The largest absolute Gasteiger partial charge is 0.392 e. The van der Waals surface area contributed by atoms with Crippen LogP contribution in [0.2, 0.25) is 0 Å². The second-order valence-corrected chi connectivity index (χ2v) is 2.66. The second kappa shape index (κ2) is 3.18. The van der Waals surface area contributed by atoms with Crippen LogP contribution < -0.4 is 5.32 Å². The van der Waals surface area contributed by atoms with E-state index in [0.717, 1.165) is 19.4 Å². The quantitative estimate of drug-likeness (QED) is 0.569. The SMILES string of the molecule is CCN[C@H]1CCC[C@H]1O. The van der Waals surface area contributed by atoms with Gasteiger partial charge in [0.1, 0.15) is 0 Å². The molecule has 1 fully saturated rings. The van der Waals surface area contributed by atoms with Crippen molar-refractivity contribution >= 4 is 0 Å². The van der Waals surface area contributed by atoms with E-state index in [1.807, 2.05) is 0 Å². The van der Waals surface area contributed by atoms with Crippen LogP contribution in [0.3, 0.4) is 0 Å². The van der Waals surface area contributed by atoms with Crippen LogP contribution in [-0.2, 0) is 0 Å². The Labute approximate surface area is 56.3 Å². The molecule has 0 unspecified atom stereocenters. The molecule has 0 bridgehead atoms. The Morgan fingerprint density at radius 1 is 1.56 bits per heavy atom. The highest BCUT2D eigenvalue weighted by molar-refractivity contribution is 4.81. The van der Waals surface area contributed by atoms with E-state index < -0.39 is 0 Å². The zero-order valence-electron chi connectivity index (χ0n) is 5.93. The van der Waals surface area contributed by atoms with E-state index >= 15 is 0 Å². The molecule has 0 heterocycles. The number of rotatable bonds is 2. The summed E-state index contributed by atoms with van der Waals surface area (Å²) < 4.78 is 0. The highest BCUT2D eigenvalue weighted by Crippen LogP contribution is 2.18. The van der Waals surface area contributed by atoms with Crippen molar-refractivity contribution in [3.05, 3.63) is 0 Å². The van der Waals surface area contributed by atoms with E-state index in [2.05, 4.69) is 12.2 Å². The number of hydrogen-bond acceptors (Lipinski definition) is 2. The monoisotopic (exact) mass is 129 g/mol. The third-order valence-electron chi connectivity index (χ3n) is 1.95. The van der Waals surface area contributed by atoms with Crippen LogP contribution in [0.5, 0.6) is 0 Å². The van der Waals surface area contributed by atoms with Gasteiger partial charge in [0.15, 0.2) is 0 Å². The molecule has 2 N–H and O–H groups in total. The highest BCUT2D eigenvalue weighted by atomic mass is 16.3. The Bertz CT molecular complexity index is 85.0. The summed E-state index contributed by atoms with van der Waals surface area (Å²) in [5.41, 5.74) is 0. The molecule has 2 nitrogen and oxygen atoms in total. The Hall–Kier alpha value is -0.0800. The van der Waals surface area contributed by atoms with E-state index in [4.69, 9.17) is 0 Å². The number of aliphatic hydroxyl groups is 1. The third kappa shape index (κ3) is 1.66. The third-order valence-corrected chi connectivity index (χ3v) is 1.95. The van der Waals surface area contributed by atoms with Gasteiger partial charge in [-0.15, -0.1) is 0 Å². The van der Waals surface area contributed by atoms with Crippen LogP contribution in [0.1, 0.15) is 26.2 Å². The van der Waals surface area contributed by atoms with Gasteiger partial charge in [0.25, 0.3) is 0 Å². The minimum Gasteiger partial charge on any atom is -0.392 e. The van der Waals surface area contributed by atoms with E-state index in [1.54, 1.807) is 0 Å². The van der Waals surface area contributed by atoms with Gasteiger partial charge in [-0.25, -0.2) is 0 Å². The minimum absolute atomic E-state index is 0.0788. The van der Waals surface area contributed by atoms with Gasteiger partial charge in [0.2, 0.25) is 0 Å². The molecule has 9 heavy (non-hydrogen) atoms. The van der Waals surface area contributed by atoms with Gasteiger partial charge >= 0.3 is 0 Å². The van der Waals surface area contributed by atoms with Crippen molar-refractivity contribution in [1.82, 2.24) is 5.32 Å². The van der Waals surface area contributed by atoms with Gasteiger partial charge in [0, 0.05) is 6.04 Å². The summed E-state index contributed by atoms with van der Waals surface area (Å²) in [7, 11) is 0. The normalized spacial score (nSPS) is 35.3. The predicted octanol–water partition coefficient (Wildman–Crippen LogP) is 0.509. The second-order valence-electron chi connectivity index (χ2n) is 2.66. The summed E-state index contributed by atoms with van der Waals surface area (Å²) >= 11 is 0. The maximum atomic E-state index is 9.26. The molecule has 0 radical (unpaired) electrons. The lowest BCUT2D eigenvalue weighted by Crippen LogP contribution is -2.35. The predicted molar refractivity (Wildman–Crippen MR) is 37.3 cm³/mol. The molecule has 0 amide bonds. The Kier molecular flexibility index (Phi) is 2.49. The fourth-order valence-corrected chi connectivity index (χ4v) is 1.44. The summed E-state index contributed by atoms with van der Waals surface area (Å²) in [6, 6.07) is 0.384. The first-order valence-corrected chi connectivity index (χ1v) is 3.76. The maximum Gasteiger partial charge on any atom is 0.0693 e. The zero-order chi connectivity index (χ0) is 6.69. The van der Waals surface area contributed by atoms with Gasteiger partial charge in [0.05, 0.1) is 6.10 Å². The first-order valence-electron chi connectivity index (χ1n) is 3.76. The van der Waals surface area contributed by atoms with E-state index in [0.29, 0.717) is 6.04 Å². The first-order chi connectivity index (χ1) is 4.34. The fourth-order valence-electron chi connectivity index (χ4n) is 1.44. The summed E-state index contributed by atoms with van der Waals surface area (Å²) in [5, 5.41) is 12.5. The number of aliphatic hydroxyl groups excluding tert-OH is 1. The van der Waals surface area contributed by atoms with E-state index in [-0.39, 0.29) is 6.10 Å². The van der Waals surface area contributed by atoms with Crippen molar-refractivity contribution in [3.8, 4) is 0 Å². The fraction of sp³-hybridized carbons (Fsp3) is 1.00. The van der Waals surface area contributed by atoms with Gasteiger partial charge in [-0.3, -0.25) is 0 Å². The lowest BCUT2D eigenvalue weighted by molar-refractivity contribution is 0.150. The number of hydrogen-bond donors (Lipinski definition) is 2. The van der Waals surface area contributed by atoms with Crippen molar-refractivity contribution < 1.29 is 5.11 Å². The molecule has 0 saturated heterocycles. The zero-order valence-corrected chi connectivity index (χ0v) is 5.93. The molecule has 2 heteroatoms. The highest BCUT2D eigenvalue weighted by Gasteiger charge is 2.23. The minimum atomic E-state index is -0.0788. The molecule has 0 aromatic carbocycles. The first kappa shape index (κ1) is 7.03. The van der Waals surface area contributed by atoms with Crippen LogP contribution in [-0.4, -0.2) is 23.8 Å². The molecule has 1 aliphatic carbocycles. The molecule has 54 valence electrons. The molecule has 1 aliphatic rings. The molecule has 0 aromatic rings. The van der Waals surface area contributed by atoms with Gasteiger partial charge < -0.3 is 10.4 Å². The maximum absolute atomic E-state index is 9.26. The molecular weight excluding hydrogens is 114 g/mol. The summed E-state index contributed by atoms with van der Waals surface area (Å²) in [5.74, 6) is 0. The van der Waals surface area contributed by atoms with Gasteiger partial charge in [-0.2, -0.15) is 0 Å². The Morgan fingerprint density at radius 2 is 2.33 bits per heavy atom. The number of nitrogens with one attached hydrogen (secondary N) is 1. The topological polar surface area (TPSA) is 32.3 Å². The smallest absolute Gasteiger partial charge is 0.0693 e. The summed E-state index contributed by atoms with van der Waals surface area (Å²) in [4.78, 5) is 0. The average molecular weight is 129 g/mol. The summed E-state index contributed by atoms with van der Waals surface area (Å²) in [6.07, 6.45) is 3.23.